The van der Waals surface area contributed by atoms with E-state index in [4.69, 9.17) is 4.74 Å². The van der Waals surface area contributed by atoms with Gasteiger partial charge in [0.15, 0.2) is 11.2 Å². The number of nitrogens with zero attached hydrogens (tertiary/aromatic N) is 6. The lowest BCUT2D eigenvalue weighted by molar-refractivity contribution is -0.141. The van der Waals surface area contributed by atoms with E-state index >= 15 is 0 Å². The molecule has 0 aromatic carbocycles. The van der Waals surface area contributed by atoms with Crippen LogP contribution in [-0.4, -0.2) is 73.9 Å². The number of aryl methyl sites for hydroxylation is 2. The number of imidazole rings is 2. The average Bonchev–Trinajstić information content (AvgIpc) is 3.23. The molecule has 0 spiro atoms. The van der Waals surface area contributed by atoms with Crippen LogP contribution in [0.4, 0.5) is 0 Å². The van der Waals surface area contributed by atoms with Crippen LogP contribution >= 0.6 is 0 Å². The summed E-state index contributed by atoms with van der Waals surface area (Å²) in [6.07, 6.45) is 1.83. The molecule has 1 aliphatic heterocycles. The molecule has 0 atom stereocenters. The maximum atomic E-state index is 13.0. The number of esters is 1. The van der Waals surface area contributed by atoms with Crippen molar-refractivity contribution >= 4 is 22.9 Å². The van der Waals surface area contributed by atoms with Gasteiger partial charge in [-0.05, 0) is 6.92 Å². The van der Waals surface area contributed by atoms with E-state index in [-0.39, 0.29) is 11.2 Å². The normalized spacial score (nSPS) is 15.4. The van der Waals surface area contributed by atoms with Gasteiger partial charge in [-0.15, -0.1) is 0 Å². The molecule has 11 nitrogen and oxygen atoms in total. The highest BCUT2D eigenvalue weighted by atomic mass is 16.5. The molecule has 1 saturated heterocycles. The van der Waals surface area contributed by atoms with Gasteiger partial charge < -0.3 is 14.0 Å². The molecule has 4 heterocycles. The van der Waals surface area contributed by atoms with Crippen LogP contribution in [0.25, 0.3) is 16.9 Å². The zero-order valence-corrected chi connectivity index (χ0v) is 16.8. The number of carbonyl (C=O) groups is 1. The first-order valence-electron chi connectivity index (χ1n) is 9.47. The average molecular weight is 404 g/mol. The SMILES string of the molecule is COC(=O)Cn1c(=O)c2c(nc3n(CCN4CCOCC4)c(C)cn23)n(C)c1=O. The monoisotopic (exact) mass is 404 g/mol. The first-order valence-corrected chi connectivity index (χ1v) is 9.47. The van der Waals surface area contributed by atoms with Gasteiger partial charge in [0.2, 0.25) is 5.78 Å². The van der Waals surface area contributed by atoms with Crippen LogP contribution in [0, 0.1) is 6.92 Å². The quantitative estimate of drug-likeness (QED) is 0.501. The van der Waals surface area contributed by atoms with Crippen molar-refractivity contribution in [2.45, 2.75) is 20.0 Å². The highest BCUT2D eigenvalue weighted by Crippen LogP contribution is 2.16. The third-order valence-corrected chi connectivity index (χ3v) is 5.40. The third kappa shape index (κ3) is 3.25. The zero-order chi connectivity index (χ0) is 20.7. The molecule has 0 aliphatic carbocycles. The van der Waals surface area contributed by atoms with Crippen molar-refractivity contribution in [2.24, 2.45) is 7.05 Å². The van der Waals surface area contributed by atoms with E-state index in [9.17, 15) is 14.4 Å². The molecule has 3 aromatic rings. The van der Waals surface area contributed by atoms with Crippen LogP contribution in [0.5, 0.6) is 0 Å². The summed E-state index contributed by atoms with van der Waals surface area (Å²) in [7, 11) is 2.75. The molecular weight excluding hydrogens is 380 g/mol. The van der Waals surface area contributed by atoms with Gasteiger partial charge >= 0.3 is 11.7 Å². The van der Waals surface area contributed by atoms with Crippen LogP contribution in [0.2, 0.25) is 0 Å². The number of rotatable bonds is 5. The van der Waals surface area contributed by atoms with Gasteiger partial charge in [0, 0.05) is 45.1 Å². The summed E-state index contributed by atoms with van der Waals surface area (Å²) in [6, 6.07) is 0. The van der Waals surface area contributed by atoms with Gasteiger partial charge in [0.05, 0.1) is 20.3 Å². The Morgan fingerprint density at radius 3 is 2.62 bits per heavy atom. The molecular formula is C18H24N6O5. The molecule has 0 radical (unpaired) electrons. The Balaban J connectivity index is 1.81. The summed E-state index contributed by atoms with van der Waals surface area (Å²) in [5.74, 6) is -0.0720. The Morgan fingerprint density at radius 1 is 1.21 bits per heavy atom. The molecule has 156 valence electrons. The molecule has 3 aromatic heterocycles. The second-order valence-corrected chi connectivity index (χ2v) is 7.14. The first-order chi connectivity index (χ1) is 13.9. The number of aromatic nitrogens is 5. The second kappa shape index (κ2) is 7.48. The van der Waals surface area contributed by atoms with E-state index in [1.807, 2.05) is 17.7 Å². The van der Waals surface area contributed by atoms with Crippen LogP contribution in [0.3, 0.4) is 0 Å². The lowest BCUT2D eigenvalue weighted by Gasteiger charge is -2.26. The Morgan fingerprint density at radius 2 is 1.93 bits per heavy atom. The number of fused-ring (bicyclic) bond motifs is 3. The topological polar surface area (TPSA) is 105 Å². The number of hydrogen-bond donors (Lipinski definition) is 0. The second-order valence-electron chi connectivity index (χ2n) is 7.14. The molecule has 1 aliphatic rings. The number of morpholine rings is 1. The number of methoxy groups -OCH3 is 1. The number of carbonyl (C=O) groups excluding carboxylic acids is 1. The van der Waals surface area contributed by atoms with Crippen LogP contribution in [-0.2, 0) is 34.4 Å². The van der Waals surface area contributed by atoms with Gasteiger partial charge in [-0.2, -0.15) is 4.98 Å². The predicted molar refractivity (Wildman–Crippen MR) is 104 cm³/mol. The molecule has 11 heteroatoms. The fourth-order valence-corrected chi connectivity index (χ4v) is 3.73. The lowest BCUT2D eigenvalue weighted by Crippen LogP contribution is -2.41. The molecule has 0 saturated carbocycles. The van der Waals surface area contributed by atoms with E-state index < -0.39 is 23.8 Å². The van der Waals surface area contributed by atoms with Gasteiger partial charge in [0.25, 0.3) is 5.56 Å². The molecule has 0 bridgehead atoms. The Bertz CT molecular complexity index is 1190. The Kier molecular flexibility index (Phi) is 5.01. The summed E-state index contributed by atoms with van der Waals surface area (Å²) < 4.78 is 15.9. The summed E-state index contributed by atoms with van der Waals surface area (Å²) >= 11 is 0. The zero-order valence-electron chi connectivity index (χ0n) is 16.8. The van der Waals surface area contributed by atoms with Crippen molar-refractivity contribution < 1.29 is 14.3 Å². The van der Waals surface area contributed by atoms with Crippen molar-refractivity contribution in [1.29, 1.82) is 0 Å². The maximum Gasteiger partial charge on any atom is 0.333 e. The molecule has 0 amide bonds. The van der Waals surface area contributed by atoms with Crippen LogP contribution in [0.15, 0.2) is 15.8 Å². The minimum Gasteiger partial charge on any atom is -0.468 e. The summed E-state index contributed by atoms with van der Waals surface area (Å²) in [5.41, 5.74) is 0.336. The third-order valence-electron chi connectivity index (χ3n) is 5.40. The van der Waals surface area contributed by atoms with Crippen molar-refractivity contribution in [1.82, 2.24) is 28.0 Å². The highest BCUT2D eigenvalue weighted by Gasteiger charge is 2.21. The smallest absolute Gasteiger partial charge is 0.333 e. The Hall–Kier alpha value is -2.92. The van der Waals surface area contributed by atoms with Gasteiger partial charge in [-0.25, -0.2) is 9.36 Å². The molecule has 29 heavy (non-hydrogen) atoms. The largest absolute Gasteiger partial charge is 0.468 e. The van der Waals surface area contributed by atoms with Crippen molar-refractivity contribution in [3.8, 4) is 0 Å². The van der Waals surface area contributed by atoms with E-state index in [1.165, 1.54) is 18.7 Å². The molecule has 1 fully saturated rings. The predicted octanol–water partition coefficient (Wildman–Crippen LogP) is -1.04. The summed E-state index contributed by atoms with van der Waals surface area (Å²) in [6.45, 7) is 6.29. The highest BCUT2D eigenvalue weighted by molar-refractivity contribution is 5.76. The maximum absolute atomic E-state index is 13.0. The van der Waals surface area contributed by atoms with Crippen LogP contribution < -0.4 is 11.2 Å². The lowest BCUT2D eigenvalue weighted by atomic mass is 10.4. The van der Waals surface area contributed by atoms with Gasteiger partial charge in [-0.3, -0.25) is 23.5 Å². The molecule has 0 unspecified atom stereocenters. The van der Waals surface area contributed by atoms with E-state index in [1.54, 1.807) is 4.40 Å². The molecule has 4 rings (SSSR count). The summed E-state index contributed by atoms with van der Waals surface area (Å²) in [4.78, 5) is 44.1. The van der Waals surface area contributed by atoms with Crippen molar-refractivity contribution in [2.75, 3.05) is 40.0 Å². The van der Waals surface area contributed by atoms with Crippen molar-refractivity contribution in [3.05, 3.63) is 32.7 Å². The van der Waals surface area contributed by atoms with E-state index in [0.29, 0.717) is 12.3 Å². The van der Waals surface area contributed by atoms with E-state index in [0.717, 1.165) is 43.1 Å². The number of hydrogen-bond acceptors (Lipinski definition) is 7. The standard InChI is InChI=1S/C18H24N6O5/c1-12-10-23-14-15(20(2)18(27)24(16(14)26)11-13(25)28-3)19-17(23)22(12)5-4-21-6-8-29-9-7-21/h10H,4-9,11H2,1-3H3. The summed E-state index contributed by atoms with van der Waals surface area (Å²) in [5, 5.41) is 0. The fraction of sp³-hybridized carbons (Fsp3) is 0.556. The minimum atomic E-state index is -0.663. The van der Waals surface area contributed by atoms with Gasteiger partial charge in [0.1, 0.15) is 6.54 Å². The van der Waals surface area contributed by atoms with Gasteiger partial charge in [-0.1, -0.05) is 0 Å². The number of ether oxygens (including phenoxy) is 2. The van der Waals surface area contributed by atoms with Crippen LogP contribution in [0.1, 0.15) is 5.69 Å². The first kappa shape index (κ1) is 19.4. The van der Waals surface area contributed by atoms with E-state index in [2.05, 4.69) is 14.6 Å². The fourth-order valence-electron chi connectivity index (χ4n) is 3.73. The molecule has 0 N–H and O–H groups in total. The van der Waals surface area contributed by atoms with Crippen molar-refractivity contribution in [3.63, 3.8) is 0 Å². The Labute approximate surface area is 165 Å². The minimum absolute atomic E-state index is 0.263.